The molecule has 3 atom stereocenters. The number of rotatable bonds is 10. The van der Waals surface area contributed by atoms with Gasteiger partial charge in [0.1, 0.15) is 6.04 Å². The highest BCUT2D eigenvalue weighted by atomic mass is 16.2. The third-order valence-corrected chi connectivity index (χ3v) is 4.01. The molecule has 3 amide bonds. The van der Waals surface area contributed by atoms with Crippen LogP contribution in [-0.4, -0.2) is 41.6 Å². The van der Waals surface area contributed by atoms with Gasteiger partial charge in [-0.1, -0.05) is 48.0 Å². The van der Waals surface area contributed by atoms with Gasteiger partial charge in [0.2, 0.25) is 17.6 Å². The first kappa shape index (κ1) is 24.0. The van der Waals surface area contributed by atoms with Crippen LogP contribution in [0.15, 0.2) is 0 Å². The second-order valence-corrected chi connectivity index (χ2v) is 8.11. The number of carbonyl (C=O) groups excluding carboxylic acids is 4. The molecule has 6 N–H and O–H groups in total. The molecule has 2 unspecified atom stereocenters. The molecule has 0 fully saturated rings. The van der Waals surface area contributed by atoms with Crippen molar-refractivity contribution in [2.75, 3.05) is 0 Å². The largest absolute Gasteiger partial charge is 0.363 e. The van der Waals surface area contributed by atoms with Crippen LogP contribution in [0, 0.1) is 11.3 Å². The number of primary amides is 1. The molecule has 0 saturated heterocycles. The van der Waals surface area contributed by atoms with Gasteiger partial charge in [0.15, 0.2) is 0 Å². The molecule has 0 heterocycles. The van der Waals surface area contributed by atoms with E-state index in [0.29, 0.717) is 12.8 Å². The van der Waals surface area contributed by atoms with Crippen LogP contribution in [0.5, 0.6) is 0 Å². The van der Waals surface area contributed by atoms with E-state index in [-0.39, 0.29) is 12.3 Å². The van der Waals surface area contributed by atoms with E-state index in [1.165, 1.54) is 0 Å². The number of ketones is 1. The maximum atomic E-state index is 12.6. The summed E-state index contributed by atoms with van der Waals surface area (Å²) in [5.74, 6) is -2.79. The fourth-order valence-electron chi connectivity index (χ4n) is 2.36. The molecule has 8 nitrogen and oxygen atoms in total. The first-order valence-electron chi connectivity index (χ1n) is 9.01. The van der Waals surface area contributed by atoms with Gasteiger partial charge in [0, 0.05) is 0 Å². The number of nitrogens with one attached hydrogen (secondary N) is 2. The van der Waals surface area contributed by atoms with E-state index >= 15 is 0 Å². The smallest absolute Gasteiger partial charge is 0.287 e. The topological polar surface area (TPSA) is 144 Å². The normalized spacial score (nSPS) is 15.1. The number of carbonyl (C=O) groups is 4. The molecular weight excluding hydrogens is 336 g/mol. The Morgan fingerprint density at radius 1 is 0.962 bits per heavy atom. The minimum absolute atomic E-state index is 0.119. The van der Waals surface area contributed by atoms with Gasteiger partial charge in [0.05, 0.1) is 12.1 Å². The van der Waals surface area contributed by atoms with E-state index < -0.39 is 47.0 Å². The molecule has 0 aliphatic heterocycles. The first-order chi connectivity index (χ1) is 11.8. The molecule has 0 aliphatic rings. The van der Waals surface area contributed by atoms with Crippen molar-refractivity contribution in [2.45, 2.75) is 78.9 Å². The molecule has 0 rings (SSSR count). The fraction of sp³-hybridized carbons (Fsp3) is 0.778. The summed E-state index contributed by atoms with van der Waals surface area (Å²) in [5, 5.41) is 5.21. The maximum absolute atomic E-state index is 12.6. The minimum atomic E-state index is -1.09. The van der Waals surface area contributed by atoms with Crippen LogP contribution in [-0.2, 0) is 19.2 Å². The van der Waals surface area contributed by atoms with Gasteiger partial charge < -0.3 is 22.1 Å². The second-order valence-electron chi connectivity index (χ2n) is 8.11. The molecule has 26 heavy (non-hydrogen) atoms. The van der Waals surface area contributed by atoms with Gasteiger partial charge in [0.25, 0.3) is 5.91 Å². The van der Waals surface area contributed by atoms with Crippen LogP contribution in [0.2, 0.25) is 0 Å². The van der Waals surface area contributed by atoms with Crippen LogP contribution in [0.25, 0.3) is 0 Å². The van der Waals surface area contributed by atoms with Gasteiger partial charge in [-0.2, -0.15) is 0 Å². The molecule has 0 aromatic heterocycles. The molecule has 0 radical (unpaired) electrons. The Morgan fingerprint density at radius 3 is 1.85 bits per heavy atom. The van der Waals surface area contributed by atoms with Crippen LogP contribution in [0.3, 0.4) is 0 Å². The van der Waals surface area contributed by atoms with E-state index in [2.05, 4.69) is 10.6 Å². The third kappa shape index (κ3) is 7.95. The zero-order chi connectivity index (χ0) is 20.7. The van der Waals surface area contributed by atoms with Crippen LogP contribution >= 0.6 is 0 Å². The van der Waals surface area contributed by atoms with Gasteiger partial charge >= 0.3 is 0 Å². The Labute approximate surface area is 155 Å². The van der Waals surface area contributed by atoms with Crippen LogP contribution in [0.1, 0.15) is 60.8 Å². The predicted molar refractivity (Wildman–Crippen MR) is 99.9 cm³/mol. The highest BCUT2D eigenvalue weighted by Gasteiger charge is 2.32. The van der Waals surface area contributed by atoms with E-state index in [1.807, 2.05) is 41.5 Å². The average molecular weight is 370 g/mol. The molecule has 0 spiro atoms. The highest BCUT2D eigenvalue weighted by Crippen LogP contribution is 2.18. The Bertz CT molecular complexity index is 526. The molecule has 150 valence electrons. The van der Waals surface area contributed by atoms with Gasteiger partial charge in [-0.05, 0) is 24.2 Å². The summed E-state index contributed by atoms with van der Waals surface area (Å²) in [6, 6.07) is -2.63. The van der Waals surface area contributed by atoms with Gasteiger partial charge in [-0.15, -0.1) is 0 Å². The van der Waals surface area contributed by atoms with Crippen molar-refractivity contribution in [3.63, 3.8) is 0 Å². The molecule has 0 bridgehead atoms. The lowest BCUT2D eigenvalue weighted by molar-refractivity contribution is -0.139. The monoisotopic (exact) mass is 370 g/mol. The predicted octanol–water partition coefficient (Wildman–Crippen LogP) is 0.230. The Morgan fingerprint density at radius 2 is 1.46 bits per heavy atom. The summed E-state index contributed by atoms with van der Waals surface area (Å²) in [6.45, 7) is 11.1. The molecular formula is C18H34N4O4. The molecule has 0 saturated carbocycles. The van der Waals surface area contributed by atoms with Crippen molar-refractivity contribution in [1.82, 2.24) is 10.6 Å². The SMILES string of the molecule is CCCC(NC(=O)[C@H](CC(C)C)NC(=O)C(N)C(C)(C)C)C(=O)C(N)=O. The second kappa shape index (κ2) is 10.3. The number of hydrogen-bond acceptors (Lipinski definition) is 5. The molecule has 0 aliphatic carbocycles. The average Bonchev–Trinajstić information content (AvgIpc) is 2.50. The molecule has 0 aromatic carbocycles. The van der Waals surface area contributed by atoms with E-state index in [4.69, 9.17) is 11.5 Å². The summed E-state index contributed by atoms with van der Waals surface area (Å²) in [5.41, 5.74) is 10.5. The van der Waals surface area contributed by atoms with Crippen LogP contribution < -0.4 is 22.1 Å². The Balaban J connectivity index is 5.27. The van der Waals surface area contributed by atoms with Crippen molar-refractivity contribution in [2.24, 2.45) is 22.8 Å². The van der Waals surface area contributed by atoms with Crippen molar-refractivity contribution in [3.05, 3.63) is 0 Å². The lowest BCUT2D eigenvalue weighted by Gasteiger charge is -2.29. The van der Waals surface area contributed by atoms with Crippen molar-refractivity contribution < 1.29 is 19.2 Å². The van der Waals surface area contributed by atoms with Gasteiger partial charge in [-0.25, -0.2) is 0 Å². The van der Waals surface area contributed by atoms with E-state index in [0.717, 1.165) is 0 Å². The summed E-state index contributed by atoms with van der Waals surface area (Å²) in [4.78, 5) is 48.0. The number of Topliss-reactive ketones (excluding diaryl/α,β-unsaturated/α-hetero) is 1. The summed E-state index contributed by atoms with van der Waals surface area (Å²) < 4.78 is 0. The standard InChI is InChI=1S/C18H34N4O4/c1-7-8-11(13(23)15(20)24)21-16(25)12(9-10(2)3)22-17(26)14(19)18(4,5)6/h10-12,14H,7-9,19H2,1-6H3,(H2,20,24)(H,21,25)(H,22,26)/t11?,12-,14?/m0/s1. The highest BCUT2D eigenvalue weighted by molar-refractivity contribution is 6.37. The van der Waals surface area contributed by atoms with Gasteiger partial charge in [-0.3, -0.25) is 19.2 Å². The van der Waals surface area contributed by atoms with E-state index in [1.54, 1.807) is 0 Å². The summed E-state index contributed by atoms with van der Waals surface area (Å²) in [6.07, 6.45) is 1.25. The molecule has 0 aromatic rings. The van der Waals surface area contributed by atoms with Crippen LogP contribution in [0.4, 0.5) is 0 Å². The zero-order valence-electron chi connectivity index (χ0n) is 16.7. The zero-order valence-corrected chi connectivity index (χ0v) is 16.7. The lowest BCUT2D eigenvalue weighted by atomic mass is 9.86. The van der Waals surface area contributed by atoms with Crippen molar-refractivity contribution >= 4 is 23.5 Å². The summed E-state index contributed by atoms with van der Waals surface area (Å²) >= 11 is 0. The maximum Gasteiger partial charge on any atom is 0.287 e. The Kier molecular flexibility index (Phi) is 9.48. The number of nitrogens with two attached hydrogens (primary N) is 2. The number of amides is 3. The molecule has 8 heteroatoms. The fourth-order valence-corrected chi connectivity index (χ4v) is 2.36. The van der Waals surface area contributed by atoms with Crippen molar-refractivity contribution in [3.8, 4) is 0 Å². The quantitative estimate of drug-likeness (QED) is 0.407. The first-order valence-corrected chi connectivity index (χ1v) is 9.01. The Hall–Kier alpha value is -1.96. The lowest BCUT2D eigenvalue weighted by Crippen LogP contribution is -2.57. The third-order valence-electron chi connectivity index (χ3n) is 4.01. The minimum Gasteiger partial charge on any atom is -0.363 e. The van der Waals surface area contributed by atoms with Crippen molar-refractivity contribution in [1.29, 1.82) is 0 Å². The summed E-state index contributed by atoms with van der Waals surface area (Å²) in [7, 11) is 0. The van der Waals surface area contributed by atoms with E-state index in [9.17, 15) is 19.2 Å². The number of hydrogen-bond donors (Lipinski definition) is 4.